The summed E-state index contributed by atoms with van der Waals surface area (Å²) in [6.07, 6.45) is 5.54. The zero-order valence-electron chi connectivity index (χ0n) is 11.5. The third-order valence-corrected chi connectivity index (χ3v) is 4.61. The summed E-state index contributed by atoms with van der Waals surface area (Å²) in [6, 6.07) is 6.86. The highest BCUT2D eigenvalue weighted by Gasteiger charge is 2.25. The van der Waals surface area contributed by atoms with Gasteiger partial charge < -0.3 is 10.4 Å². The predicted molar refractivity (Wildman–Crippen MR) is 80.0 cm³/mol. The number of carboxylic acids is 1. The zero-order chi connectivity index (χ0) is 13.8. The van der Waals surface area contributed by atoms with Gasteiger partial charge in [-0.1, -0.05) is 6.07 Å². The first kappa shape index (κ1) is 14.3. The normalized spacial score (nSPS) is 23.1. The maximum absolute atomic E-state index is 10.9. The molecule has 0 aliphatic heterocycles. The summed E-state index contributed by atoms with van der Waals surface area (Å²) in [5.41, 5.74) is 2.43. The van der Waals surface area contributed by atoms with E-state index in [2.05, 4.69) is 36.7 Å². The van der Waals surface area contributed by atoms with Gasteiger partial charge in [0.2, 0.25) is 0 Å². The van der Waals surface area contributed by atoms with Crippen LogP contribution in [-0.4, -0.2) is 23.4 Å². The summed E-state index contributed by atoms with van der Waals surface area (Å²) < 4.78 is 0. The van der Waals surface area contributed by atoms with Gasteiger partial charge in [0, 0.05) is 16.6 Å². The Morgan fingerprint density at radius 1 is 1.32 bits per heavy atom. The number of thioether (sulfide) groups is 1. The van der Waals surface area contributed by atoms with Crippen LogP contribution in [0.4, 0.5) is 5.69 Å². The molecule has 4 heteroatoms. The summed E-state index contributed by atoms with van der Waals surface area (Å²) in [6.45, 7) is 2.11. The van der Waals surface area contributed by atoms with Gasteiger partial charge in [-0.2, -0.15) is 0 Å². The largest absolute Gasteiger partial charge is 0.481 e. The van der Waals surface area contributed by atoms with Gasteiger partial charge in [-0.15, -0.1) is 11.8 Å². The maximum atomic E-state index is 10.9. The molecule has 1 fully saturated rings. The summed E-state index contributed by atoms with van der Waals surface area (Å²) in [7, 11) is 0. The number of aryl methyl sites for hydroxylation is 1. The molecule has 0 saturated heterocycles. The SMILES string of the molecule is CSc1ccc(C)c(NC2CCC(C(=O)O)CC2)c1. The van der Waals surface area contributed by atoms with Crippen LogP contribution in [0.1, 0.15) is 31.2 Å². The van der Waals surface area contributed by atoms with Gasteiger partial charge in [-0.3, -0.25) is 4.79 Å². The van der Waals surface area contributed by atoms with E-state index in [9.17, 15) is 4.79 Å². The number of rotatable bonds is 4. The third kappa shape index (κ3) is 3.66. The van der Waals surface area contributed by atoms with Crippen molar-refractivity contribution < 1.29 is 9.90 Å². The molecular weight excluding hydrogens is 258 g/mol. The molecule has 0 amide bonds. The number of aliphatic carboxylic acids is 1. The van der Waals surface area contributed by atoms with Crippen molar-refractivity contribution in [2.24, 2.45) is 5.92 Å². The average molecular weight is 279 g/mol. The smallest absolute Gasteiger partial charge is 0.306 e. The van der Waals surface area contributed by atoms with Crippen molar-refractivity contribution in [3.8, 4) is 0 Å². The van der Waals surface area contributed by atoms with E-state index in [1.54, 1.807) is 11.8 Å². The van der Waals surface area contributed by atoms with Crippen molar-refractivity contribution in [1.82, 2.24) is 0 Å². The Morgan fingerprint density at radius 2 is 2.00 bits per heavy atom. The number of anilines is 1. The van der Waals surface area contributed by atoms with Crippen LogP contribution in [0.5, 0.6) is 0 Å². The minimum atomic E-state index is -0.640. The molecule has 2 rings (SSSR count). The summed E-state index contributed by atoms with van der Waals surface area (Å²) in [5, 5.41) is 12.6. The van der Waals surface area contributed by atoms with Crippen LogP contribution >= 0.6 is 11.8 Å². The topological polar surface area (TPSA) is 49.3 Å². The Balaban J connectivity index is 1.97. The van der Waals surface area contributed by atoms with E-state index in [4.69, 9.17) is 5.11 Å². The van der Waals surface area contributed by atoms with Crippen molar-refractivity contribution in [2.45, 2.75) is 43.5 Å². The molecule has 0 aromatic heterocycles. The average Bonchev–Trinajstić information content (AvgIpc) is 2.42. The van der Waals surface area contributed by atoms with Gasteiger partial charge in [-0.05, 0) is 56.6 Å². The van der Waals surface area contributed by atoms with Crippen LogP contribution in [-0.2, 0) is 4.79 Å². The lowest BCUT2D eigenvalue weighted by molar-refractivity contribution is -0.142. The number of hydrogen-bond donors (Lipinski definition) is 2. The molecule has 19 heavy (non-hydrogen) atoms. The quantitative estimate of drug-likeness (QED) is 0.824. The van der Waals surface area contributed by atoms with Crippen LogP contribution in [0.15, 0.2) is 23.1 Å². The Labute approximate surface area is 118 Å². The fourth-order valence-electron chi connectivity index (χ4n) is 2.59. The standard InChI is InChI=1S/C15H21NO2S/c1-10-3-8-13(19-2)9-14(10)16-12-6-4-11(5-7-12)15(17)18/h3,8-9,11-12,16H,4-7H2,1-2H3,(H,17,18). The van der Waals surface area contributed by atoms with Crippen LogP contribution < -0.4 is 5.32 Å². The first-order valence-electron chi connectivity index (χ1n) is 6.74. The van der Waals surface area contributed by atoms with E-state index in [0.29, 0.717) is 6.04 Å². The zero-order valence-corrected chi connectivity index (χ0v) is 12.3. The summed E-state index contributed by atoms with van der Waals surface area (Å²) in [4.78, 5) is 12.2. The number of hydrogen-bond acceptors (Lipinski definition) is 3. The fourth-order valence-corrected chi connectivity index (χ4v) is 3.03. The molecule has 3 nitrogen and oxygen atoms in total. The second kappa shape index (κ2) is 6.33. The van der Waals surface area contributed by atoms with Crippen molar-refractivity contribution in [2.75, 3.05) is 11.6 Å². The molecule has 0 atom stereocenters. The molecule has 1 aromatic carbocycles. The Hall–Kier alpha value is -1.16. The Morgan fingerprint density at radius 3 is 2.58 bits per heavy atom. The Bertz CT molecular complexity index is 453. The first-order valence-corrected chi connectivity index (χ1v) is 7.96. The van der Waals surface area contributed by atoms with Crippen molar-refractivity contribution in [3.63, 3.8) is 0 Å². The van der Waals surface area contributed by atoms with Gasteiger partial charge >= 0.3 is 5.97 Å². The van der Waals surface area contributed by atoms with E-state index >= 15 is 0 Å². The van der Waals surface area contributed by atoms with E-state index in [1.165, 1.54) is 16.1 Å². The molecular formula is C15H21NO2S. The molecule has 0 radical (unpaired) electrons. The number of nitrogens with one attached hydrogen (secondary N) is 1. The lowest BCUT2D eigenvalue weighted by Crippen LogP contribution is -2.29. The molecule has 104 valence electrons. The van der Waals surface area contributed by atoms with E-state index in [-0.39, 0.29) is 5.92 Å². The van der Waals surface area contributed by atoms with Crippen molar-refractivity contribution in [3.05, 3.63) is 23.8 Å². The number of carboxylic acid groups (broad SMARTS) is 1. The Kier molecular flexibility index (Phi) is 4.75. The lowest BCUT2D eigenvalue weighted by Gasteiger charge is -2.28. The van der Waals surface area contributed by atoms with Gasteiger partial charge in [0.05, 0.1) is 5.92 Å². The first-order chi connectivity index (χ1) is 9.10. The molecule has 1 saturated carbocycles. The lowest BCUT2D eigenvalue weighted by atomic mass is 9.86. The molecule has 0 spiro atoms. The van der Waals surface area contributed by atoms with Crippen LogP contribution in [0.25, 0.3) is 0 Å². The molecule has 1 aliphatic rings. The third-order valence-electron chi connectivity index (χ3n) is 3.88. The molecule has 0 heterocycles. The minimum absolute atomic E-state index is 0.142. The van der Waals surface area contributed by atoms with Crippen LogP contribution in [0, 0.1) is 12.8 Å². The van der Waals surface area contributed by atoms with E-state index in [0.717, 1.165) is 25.7 Å². The highest BCUT2D eigenvalue weighted by atomic mass is 32.2. The summed E-state index contributed by atoms with van der Waals surface area (Å²) >= 11 is 1.74. The van der Waals surface area contributed by atoms with Crippen LogP contribution in [0.2, 0.25) is 0 Å². The van der Waals surface area contributed by atoms with Gasteiger partial charge in [0.1, 0.15) is 0 Å². The second-order valence-corrected chi connectivity index (χ2v) is 6.09. The fraction of sp³-hybridized carbons (Fsp3) is 0.533. The summed E-state index contributed by atoms with van der Waals surface area (Å²) in [5.74, 6) is -0.782. The number of benzene rings is 1. The molecule has 1 aliphatic carbocycles. The highest BCUT2D eigenvalue weighted by molar-refractivity contribution is 7.98. The molecule has 0 unspecified atom stereocenters. The van der Waals surface area contributed by atoms with Crippen molar-refractivity contribution in [1.29, 1.82) is 0 Å². The number of carbonyl (C=O) groups is 1. The maximum Gasteiger partial charge on any atom is 0.306 e. The highest BCUT2D eigenvalue weighted by Crippen LogP contribution is 2.29. The van der Waals surface area contributed by atoms with Crippen molar-refractivity contribution >= 4 is 23.4 Å². The molecule has 2 N–H and O–H groups in total. The van der Waals surface area contributed by atoms with E-state index < -0.39 is 5.97 Å². The molecule has 0 bridgehead atoms. The monoisotopic (exact) mass is 279 g/mol. The van der Waals surface area contributed by atoms with Gasteiger partial charge in [0.15, 0.2) is 0 Å². The van der Waals surface area contributed by atoms with Gasteiger partial charge in [-0.25, -0.2) is 0 Å². The minimum Gasteiger partial charge on any atom is -0.481 e. The molecule has 1 aromatic rings. The van der Waals surface area contributed by atoms with Gasteiger partial charge in [0.25, 0.3) is 0 Å². The predicted octanol–water partition coefficient (Wildman–Crippen LogP) is 3.77. The van der Waals surface area contributed by atoms with Crippen LogP contribution in [0.3, 0.4) is 0 Å². The second-order valence-electron chi connectivity index (χ2n) is 5.21. The van der Waals surface area contributed by atoms with E-state index in [1.807, 2.05) is 0 Å².